The Labute approximate surface area is 130 Å². The zero-order valence-corrected chi connectivity index (χ0v) is 13.6. The summed E-state index contributed by atoms with van der Waals surface area (Å²) in [4.78, 5) is 0. The Balaban J connectivity index is 1.93. The van der Waals surface area contributed by atoms with Crippen molar-refractivity contribution in [2.24, 2.45) is 5.16 Å². The van der Waals surface area contributed by atoms with Crippen molar-refractivity contribution in [1.29, 1.82) is 0 Å². The molecular formula is C16H25NO5. The van der Waals surface area contributed by atoms with Crippen molar-refractivity contribution in [2.75, 3.05) is 13.7 Å². The molecule has 1 spiro atoms. The van der Waals surface area contributed by atoms with Crippen LogP contribution in [0.5, 0.6) is 0 Å². The molecule has 0 aromatic carbocycles. The molecule has 3 fully saturated rings. The number of hydrogen-bond donors (Lipinski definition) is 2. The molecule has 124 valence electrons. The molecule has 6 nitrogen and oxygen atoms in total. The molecule has 1 saturated carbocycles. The number of oxime groups is 1. The number of allylic oxidation sites excluding steroid dienone is 1. The molecule has 0 radical (unpaired) electrons. The topological polar surface area (TPSA) is 87.1 Å². The van der Waals surface area contributed by atoms with Gasteiger partial charge in [-0.25, -0.2) is 0 Å². The molecule has 2 saturated heterocycles. The summed E-state index contributed by atoms with van der Waals surface area (Å²) in [5, 5.41) is 24.2. The molecule has 3 rings (SSSR count). The van der Waals surface area contributed by atoms with Gasteiger partial charge in [-0.3, -0.25) is 0 Å². The molecule has 0 aromatic heterocycles. The van der Waals surface area contributed by atoms with Crippen molar-refractivity contribution in [3.05, 3.63) is 11.6 Å². The average molecular weight is 311 g/mol. The normalized spacial score (nSPS) is 48.5. The summed E-state index contributed by atoms with van der Waals surface area (Å²) in [6.45, 7) is 6.45. The van der Waals surface area contributed by atoms with Crippen molar-refractivity contribution in [2.45, 2.75) is 69.0 Å². The minimum Gasteiger partial charge on any atom is -0.411 e. The molecular weight excluding hydrogens is 286 g/mol. The van der Waals surface area contributed by atoms with Crippen LogP contribution in [-0.4, -0.2) is 58.8 Å². The van der Waals surface area contributed by atoms with Crippen LogP contribution in [0.15, 0.2) is 16.8 Å². The second-order valence-electron chi connectivity index (χ2n) is 6.99. The summed E-state index contributed by atoms with van der Waals surface area (Å²) in [7, 11) is 1.51. The smallest absolute Gasteiger partial charge is 0.158 e. The number of rotatable bonds is 4. The number of methoxy groups -OCH3 is 1. The van der Waals surface area contributed by atoms with Crippen molar-refractivity contribution in [3.8, 4) is 0 Å². The Bertz CT molecular complexity index is 523. The quantitative estimate of drug-likeness (QED) is 0.357. The lowest BCUT2D eigenvalue weighted by atomic mass is 9.64. The molecule has 6 heteroatoms. The van der Waals surface area contributed by atoms with E-state index in [1.54, 1.807) is 0 Å². The van der Waals surface area contributed by atoms with E-state index in [0.29, 0.717) is 25.2 Å². The third-order valence-corrected chi connectivity index (χ3v) is 5.46. The Morgan fingerprint density at radius 2 is 2.18 bits per heavy atom. The van der Waals surface area contributed by atoms with Crippen molar-refractivity contribution >= 4 is 5.71 Å². The lowest BCUT2D eigenvalue weighted by Gasteiger charge is -2.46. The number of aliphatic hydroxyl groups is 1. The first-order chi connectivity index (χ1) is 10.3. The maximum atomic E-state index is 11.6. The molecule has 2 heterocycles. The third kappa shape index (κ3) is 1.98. The Morgan fingerprint density at radius 1 is 1.50 bits per heavy atom. The SMILES string of the molecule is COC1/C(=N/O)CC[C@]2(CO2)[C@@]1(O)[C@]1(C)O[C@@H]1CC=C(C)C. The molecule has 5 atom stereocenters. The summed E-state index contributed by atoms with van der Waals surface area (Å²) in [6.07, 6.45) is 3.17. The number of hydrogen-bond acceptors (Lipinski definition) is 6. The first-order valence-electron chi connectivity index (χ1n) is 7.76. The van der Waals surface area contributed by atoms with Crippen LogP contribution in [0, 0.1) is 0 Å². The van der Waals surface area contributed by atoms with E-state index >= 15 is 0 Å². The number of epoxide rings is 2. The summed E-state index contributed by atoms with van der Waals surface area (Å²) in [6, 6.07) is 0. The molecule has 22 heavy (non-hydrogen) atoms. The van der Waals surface area contributed by atoms with Crippen LogP contribution < -0.4 is 0 Å². The maximum Gasteiger partial charge on any atom is 0.158 e. The van der Waals surface area contributed by atoms with Crippen LogP contribution in [0.4, 0.5) is 0 Å². The highest BCUT2D eigenvalue weighted by molar-refractivity contribution is 5.91. The molecule has 0 aromatic rings. The van der Waals surface area contributed by atoms with Gasteiger partial charge in [0.2, 0.25) is 0 Å². The molecule has 2 N–H and O–H groups in total. The Hall–Kier alpha value is -0.950. The predicted molar refractivity (Wildman–Crippen MR) is 80.2 cm³/mol. The molecule has 3 aliphatic rings. The van der Waals surface area contributed by atoms with Crippen molar-refractivity contribution in [1.82, 2.24) is 0 Å². The van der Waals surface area contributed by atoms with E-state index in [2.05, 4.69) is 11.2 Å². The second kappa shape index (κ2) is 5.03. The summed E-state index contributed by atoms with van der Waals surface area (Å²) >= 11 is 0. The predicted octanol–water partition coefficient (Wildman–Crippen LogP) is 1.64. The minimum atomic E-state index is -1.35. The van der Waals surface area contributed by atoms with E-state index in [1.165, 1.54) is 12.7 Å². The minimum absolute atomic E-state index is 0.0934. The van der Waals surface area contributed by atoms with Crippen LogP contribution in [0.1, 0.15) is 40.0 Å². The summed E-state index contributed by atoms with van der Waals surface area (Å²) in [5.74, 6) is 0. The lowest BCUT2D eigenvalue weighted by Crippen LogP contribution is -2.69. The fourth-order valence-electron chi connectivity index (χ4n) is 3.92. The fourth-order valence-corrected chi connectivity index (χ4v) is 3.92. The maximum absolute atomic E-state index is 11.6. The average Bonchev–Trinajstić information content (AvgIpc) is 3.38. The third-order valence-electron chi connectivity index (χ3n) is 5.46. The largest absolute Gasteiger partial charge is 0.411 e. The van der Waals surface area contributed by atoms with Gasteiger partial charge in [-0.2, -0.15) is 0 Å². The molecule has 0 amide bonds. The second-order valence-corrected chi connectivity index (χ2v) is 6.99. The Morgan fingerprint density at radius 3 is 2.68 bits per heavy atom. The summed E-state index contributed by atoms with van der Waals surface area (Å²) < 4.78 is 17.1. The van der Waals surface area contributed by atoms with E-state index in [4.69, 9.17) is 14.2 Å². The van der Waals surface area contributed by atoms with Crippen LogP contribution >= 0.6 is 0 Å². The molecule has 0 bridgehead atoms. The highest BCUT2D eigenvalue weighted by Crippen LogP contribution is 2.61. The van der Waals surface area contributed by atoms with E-state index < -0.39 is 22.9 Å². The lowest BCUT2D eigenvalue weighted by molar-refractivity contribution is -0.160. The molecule has 1 aliphatic carbocycles. The van der Waals surface area contributed by atoms with Crippen LogP contribution in [0.2, 0.25) is 0 Å². The van der Waals surface area contributed by atoms with E-state index in [9.17, 15) is 10.3 Å². The zero-order chi connectivity index (χ0) is 16.2. The van der Waals surface area contributed by atoms with Crippen molar-refractivity contribution < 1.29 is 24.5 Å². The van der Waals surface area contributed by atoms with Crippen molar-refractivity contribution in [3.63, 3.8) is 0 Å². The van der Waals surface area contributed by atoms with Gasteiger partial charge >= 0.3 is 0 Å². The van der Waals surface area contributed by atoms with E-state index in [0.717, 1.165) is 6.42 Å². The first-order valence-corrected chi connectivity index (χ1v) is 7.76. The standard InChI is InChI=1S/C16H25NO5/c1-10(2)5-6-12-14(3,22-12)16(18)13(20-4)11(17-19)7-8-15(16)9-21-15/h5,12-13,18-19H,6-9H2,1-4H3/b17-11+/t12-,13?,14-,15+,16+/m1/s1. The van der Waals surface area contributed by atoms with Gasteiger partial charge < -0.3 is 24.5 Å². The zero-order valence-electron chi connectivity index (χ0n) is 13.6. The van der Waals surface area contributed by atoms with Gasteiger partial charge in [0, 0.05) is 7.11 Å². The van der Waals surface area contributed by atoms with E-state index in [-0.39, 0.29) is 6.10 Å². The number of nitrogens with zero attached hydrogens (tertiary/aromatic N) is 1. The summed E-state index contributed by atoms with van der Waals surface area (Å²) in [5.41, 5.74) is -1.12. The van der Waals surface area contributed by atoms with Gasteiger partial charge in [-0.15, -0.1) is 0 Å². The monoisotopic (exact) mass is 311 g/mol. The molecule has 1 unspecified atom stereocenters. The van der Waals surface area contributed by atoms with Gasteiger partial charge in [0.05, 0.1) is 18.4 Å². The van der Waals surface area contributed by atoms with Crippen LogP contribution in [0.25, 0.3) is 0 Å². The molecule has 2 aliphatic heterocycles. The van der Waals surface area contributed by atoms with Crippen LogP contribution in [0.3, 0.4) is 0 Å². The van der Waals surface area contributed by atoms with Gasteiger partial charge in [-0.1, -0.05) is 16.8 Å². The van der Waals surface area contributed by atoms with Gasteiger partial charge in [0.25, 0.3) is 0 Å². The van der Waals surface area contributed by atoms with Gasteiger partial charge in [-0.05, 0) is 40.0 Å². The Kier molecular flexibility index (Phi) is 3.64. The van der Waals surface area contributed by atoms with Gasteiger partial charge in [0.15, 0.2) is 5.60 Å². The highest BCUT2D eigenvalue weighted by atomic mass is 16.7. The van der Waals surface area contributed by atoms with Crippen LogP contribution in [-0.2, 0) is 14.2 Å². The highest BCUT2D eigenvalue weighted by Gasteiger charge is 2.81. The van der Waals surface area contributed by atoms with E-state index in [1.807, 2.05) is 20.8 Å². The fraction of sp³-hybridized carbons (Fsp3) is 0.812. The first kappa shape index (κ1) is 15.9. The number of ether oxygens (including phenoxy) is 3. The van der Waals surface area contributed by atoms with Gasteiger partial charge in [0.1, 0.15) is 17.3 Å².